The maximum atomic E-state index is 12.9. The van der Waals surface area contributed by atoms with Gasteiger partial charge in [0.15, 0.2) is 0 Å². The van der Waals surface area contributed by atoms with E-state index < -0.39 is 23.8 Å². The molecule has 9 heteroatoms. The zero-order valence-corrected chi connectivity index (χ0v) is 19.1. The fraction of sp³-hybridized carbons (Fsp3) is 0.118. The third kappa shape index (κ3) is 3.19. The van der Waals surface area contributed by atoms with Gasteiger partial charge < -0.3 is 5.11 Å². The fourth-order valence-corrected chi connectivity index (χ4v) is 5.23. The zero-order valence-electron chi connectivity index (χ0n) is 12.8. The van der Waals surface area contributed by atoms with Crippen molar-refractivity contribution in [2.75, 3.05) is 0 Å². The van der Waals surface area contributed by atoms with Crippen molar-refractivity contribution in [2.24, 2.45) is 0 Å². The number of carbonyl (C=O) groups excluding carboxylic acids is 2. The average molecular weight is 611 g/mol. The standard InChI is InChI=1S/C17H9Br4NO4/c18-11-9-10(12(19)14(21)13(11)20)16(24)22(15(9)23)8(17(25)26)6-7-4-2-1-3-5-7/h1-5,8H,6H2,(H,25,26). The fourth-order valence-electron chi connectivity index (χ4n) is 2.78. The number of rotatable bonds is 4. The van der Waals surface area contributed by atoms with E-state index in [4.69, 9.17) is 0 Å². The maximum Gasteiger partial charge on any atom is 0.327 e. The van der Waals surface area contributed by atoms with Crippen LogP contribution in [0.5, 0.6) is 0 Å². The third-order valence-electron chi connectivity index (χ3n) is 4.00. The second-order valence-electron chi connectivity index (χ2n) is 5.53. The van der Waals surface area contributed by atoms with E-state index in [9.17, 15) is 19.5 Å². The summed E-state index contributed by atoms with van der Waals surface area (Å²) in [7, 11) is 0. The molecular formula is C17H9Br4NO4. The van der Waals surface area contributed by atoms with E-state index in [-0.39, 0.29) is 17.5 Å². The maximum absolute atomic E-state index is 12.9. The molecule has 2 amide bonds. The lowest BCUT2D eigenvalue weighted by molar-refractivity contribution is -0.141. The van der Waals surface area contributed by atoms with Crippen LogP contribution in [-0.2, 0) is 11.2 Å². The normalized spacial score (nSPS) is 14.5. The monoisotopic (exact) mass is 607 g/mol. The molecule has 0 bridgehead atoms. The molecule has 1 aliphatic rings. The van der Waals surface area contributed by atoms with Gasteiger partial charge in [-0.3, -0.25) is 14.5 Å². The average Bonchev–Trinajstić information content (AvgIpc) is 2.87. The van der Waals surface area contributed by atoms with E-state index in [0.717, 1.165) is 10.5 Å². The Morgan fingerprint density at radius 3 is 1.77 bits per heavy atom. The van der Waals surface area contributed by atoms with E-state index in [0.29, 0.717) is 17.9 Å². The van der Waals surface area contributed by atoms with Crippen LogP contribution in [0.15, 0.2) is 48.2 Å². The van der Waals surface area contributed by atoms with Gasteiger partial charge in [0, 0.05) is 24.3 Å². The van der Waals surface area contributed by atoms with Crippen LogP contribution in [0.4, 0.5) is 0 Å². The predicted molar refractivity (Wildman–Crippen MR) is 109 cm³/mol. The van der Waals surface area contributed by atoms with Gasteiger partial charge in [-0.2, -0.15) is 0 Å². The van der Waals surface area contributed by atoms with Gasteiger partial charge in [-0.15, -0.1) is 0 Å². The van der Waals surface area contributed by atoms with Gasteiger partial charge in [-0.1, -0.05) is 30.3 Å². The lowest BCUT2D eigenvalue weighted by Crippen LogP contribution is -2.46. The van der Waals surface area contributed by atoms with Crippen LogP contribution in [0.1, 0.15) is 26.3 Å². The number of imide groups is 1. The molecule has 0 fully saturated rings. The first-order valence-corrected chi connectivity index (χ1v) is 10.4. The van der Waals surface area contributed by atoms with Gasteiger partial charge in [0.1, 0.15) is 6.04 Å². The number of carbonyl (C=O) groups is 3. The van der Waals surface area contributed by atoms with Crippen molar-refractivity contribution in [3.05, 3.63) is 64.9 Å². The molecule has 0 saturated carbocycles. The molecule has 2 aromatic carbocycles. The number of nitrogens with zero attached hydrogens (tertiary/aromatic N) is 1. The van der Waals surface area contributed by atoms with E-state index in [1.807, 2.05) is 6.07 Å². The first-order chi connectivity index (χ1) is 12.3. The molecular weight excluding hydrogens is 602 g/mol. The number of hydrogen-bond donors (Lipinski definition) is 1. The van der Waals surface area contributed by atoms with E-state index in [1.165, 1.54) is 0 Å². The summed E-state index contributed by atoms with van der Waals surface area (Å²) >= 11 is 13.3. The molecule has 0 radical (unpaired) electrons. The summed E-state index contributed by atoms with van der Waals surface area (Å²) in [5, 5.41) is 9.67. The number of carboxylic acids is 1. The lowest BCUT2D eigenvalue weighted by atomic mass is 10.0. The van der Waals surface area contributed by atoms with Crippen LogP contribution in [0.2, 0.25) is 0 Å². The number of hydrogen-bond acceptors (Lipinski definition) is 3. The Bertz CT molecular complexity index is 899. The van der Waals surface area contributed by atoms with Crippen LogP contribution < -0.4 is 0 Å². The molecule has 0 saturated heterocycles. The number of halogens is 4. The number of carboxylic acid groups (broad SMARTS) is 1. The van der Waals surface area contributed by atoms with E-state index in [2.05, 4.69) is 63.7 Å². The van der Waals surface area contributed by atoms with Crippen LogP contribution >= 0.6 is 63.7 Å². The summed E-state index contributed by atoms with van der Waals surface area (Å²) in [6.45, 7) is 0. The van der Waals surface area contributed by atoms with Gasteiger partial charge in [-0.25, -0.2) is 4.79 Å². The summed E-state index contributed by atoms with van der Waals surface area (Å²) < 4.78 is 1.90. The minimum atomic E-state index is -1.30. The number of fused-ring (bicyclic) bond motifs is 1. The topological polar surface area (TPSA) is 74.7 Å². The molecule has 5 nitrogen and oxygen atoms in total. The first kappa shape index (κ1) is 19.7. The SMILES string of the molecule is O=C(O)C(Cc1ccccc1)N1C(=O)c2c(Br)c(Br)c(Br)c(Br)c2C1=O. The van der Waals surface area contributed by atoms with Gasteiger partial charge in [-0.05, 0) is 69.3 Å². The molecule has 1 atom stereocenters. The van der Waals surface area contributed by atoms with Crippen molar-refractivity contribution in [3.8, 4) is 0 Å². The van der Waals surface area contributed by atoms with Crippen LogP contribution in [0.3, 0.4) is 0 Å². The molecule has 1 aliphatic heterocycles. The highest BCUT2D eigenvalue weighted by Crippen LogP contribution is 2.45. The molecule has 1 N–H and O–H groups in total. The minimum Gasteiger partial charge on any atom is -0.480 e. The zero-order chi connectivity index (χ0) is 19.2. The quantitative estimate of drug-likeness (QED) is 0.300. The Morgan fingerprint density at radius 2 is 1.35 bits per heavy atom. The molecule has 1 heterocycles. The van der Waals surface area contributed by atoms with Gasteiger partial charge in [0.05, 0.1) is 11.1 Å². The van der Waals surface area contributed by atoms with E-state index in [1.54, 1.807) is 24.3 Å². The third-order valence-corrected chi connectivity index (χ3v) is 8.77. The van der Waals surface area contributed by atoms with Crippen molar-refractivity contribution in [2.45, 2.75) is 12.5 Å². The molecule has 0 aromatic heterocycles. The lowest BCUT2D eigenvalue weighted by Gasteiger charge is -2.22. The molecule has 1 unspecified atom stereocenters. The van der Waals surface area contributed by atoms with Crippen molar-refractivity contribution in [3.63, 3.8) is 0 Å². The number of aliphatic carboxylic acids is 1. The highest BCUT2D eigenvalue weighted by molar-refractivity contribution is 9.15. The second-order valence-corrected chi connectivity index (χ2v) is 8.70. The largest absolute Gasteiger partial charge is 0.480 e. The predicted octanol–water partition coefficient (Wildman–Crippen LogP) is 5.03. The van der Waals surface area contributed by atoms with Gasteiger partial charge >= 0.3 is 5.97 Å². The van der Waals surface area contributed by atoms with E-state index >= 15 is 0 Å². The Balaban J connectivity index is 2.10. The van der Waals surface area contributed by atoms with Crippen molar-refractivity contribution >= 4 is 81.5 Å². The van der Waals surface area contributed by atoms with Gasteiger partial charge in [0.25, 0.3) is 11.8 Å². The van der Waals surface area contributed by atoms with Crippen LogP contribution in [0, 0.1) is 0 Å². The van der Waals surface area contributed by atoms with Crippen LogP contribution in [0.25, 0.3) is 0 Å². The molecule has 0 aliphatic carbocycles. The molecule has 26 heavy (non-hydrogen) atoms. The summed E-state index contributed by atoms with van der Waals surface area (Å²) in [4.78, 5) is 38.5. The van der Waals surface area contributed by atoms with Crippen molar-refractivity contribution in [1.82, 2.24) is 4.90 Å². The van der Waals surface area contributed by atoms with Crippen molar-refractivity contribution < 1.29 is 19.5 Å². The Morgan fingerprint density at radius 1 is 0.885 bits per heavy atom. The number of amides is 2. The molecule has 3 rings (SSSR count). The number of benzene rings is 2. The van der Waals surface area contributed by atoms with Crippen molar-refractivity contribution in [1.29, 1.82) is 0 Å². The molecule has 0 spiro atoms. The second kappa shape index (κ2) is 7.53. The van der Waals surface area contributed by atoms with Crippen LogP contribution in [-0.4, -0.2) is 33.8 Å². The summed E-state index contributed by atoms with van der Waals surface area (Å²) in [5.41, 5.74) is 0.990. The molecule has 2 aromatic rings. The highest BCUT2D eigenvalue weighted by atomic mass is 79.9. The van der Waals surface area contributed by atoms with Gasteiger partial charge in [0.2, 0.25) is 0 Å². The Hall–Kier alpha value is -1.03. The summed E-state index contributed by atoms with van der Waals surface area (Å²) in [6, 6.07) is 7.57. The first-order valence-electron chi connectivity index (χ1n) is 7.26. The summed E-state index contributed by atoms with van der Waals surface area (Å²) in [5.74, 6) is -2.53. The smallest absolute Gasteiger partial charge is 0.327 e. The minimum absolute atomic E-state index is 0.0270. The summed E-state index contributed by atoms with van der Waals surface area (Å²) in [6.07, 6.45) is 0.0270. The Kier molecular flexibility index (Phi) is 5.72. The highest BCUT2D eigenvalue weighted by Gasteiger charge is 2.46. The Labute approximate surface area is 182 Å². The molecule has 134 valence electrons.